The van der Waals surface area contributed by atoms with E-state index in [0.29, 0.717) is 12.0 Å². The van der Waals surface area contributed by atoms with E-state index in [4.69, 9.17) is 0 Å². The fourth-order valence-corrected chi connectivity index (χ4v) is 7.06. The summed E-state index contributed by atoms with van der Waals surface area (Å²) in [6.07, 6.45) is 0.413. The van der Waals surface area contributed by atoms with Crippen LogP contribution in [0.5, 0.6) is 0 Å². The molecule has 224 valence electrons. The first-order valence-electron chi connectivity index (χ1n) is 14.7. The first kappa shape index (κ1) is 29.8. The van der Waals surface area contributed by atoms with Crippen molar-refractivity contribution in [1.29, 1.82) is 0 Å². The lowest BCUT2D eigenvalue weighted by Crippen LogP contribution is -2.21. The zero-order valence-corrected chi connectivity index (χ0v) is 25.2. The molecule has 6 aromatic carbocycles. The number of anilines is 1. The second kappa shape index (κ2) is 12.8. The van der Waals surface area contributed by atoms with Crippen LogP contribution in [0.4, 0.5) is 5.69 Å². The Kier molecular flexibility index (Phi) is 8.45. The van der Waals surface area contributed by atoms with Crippen molar-refractivity contribution in [3.05, 3.63) is 156 Å². The average molecular weight is 614 g/mol. The van der Waals surface area contributed by atoms with Crippen LogP contribution in [0.2, 0.25) is 0 Å². The van der Waals surface area contributed by atoms with E-state index in [1.165, 1.54) is 6.07 Å². The van der Waals surface area contributed by atoms with Crippen LogP contribution in [0, 0.1) is 5.92 Å². The summed E-state index contributed by atoms with van der Waals surface area (Å²) < 4.78 is 30.6. The molecule has 0 bridgehead atoms. The van der Waals surface area contributed by atoms with Crippen LogP contribution in [0.15, 0.2) is 138 Å². The van der Waals surface area contributed by atoms with Gasteiger partial charge in [0.05, 0.1) is 10.8 Å². The highest BCUT2D eigenvalue weighted by molar-refractivity contribution is 7.92. The maximum absolute atomic E-state index is 13.9. The minimum Gasteiger partial charge on any atom is -0.481 e. The largest absolute Gasteiger partial charge is 0.481 e. The summed E-state index contributed by atoms with van der Waals surface area (Å²) in [4.78, 5) is 25.3. The van der Waals surface area contributed by atoms with Crippen molar-refractivity contribution in [2.45, 2.75) is 24.2 Å². The predicted octanol–water partition coefficient (Wildman–Crippen LogP) is 7.90. The van der Waals surface area contributed by atoms with Gasteiger partial charge in [0, 0.05) is 17.7 Å². The van der Waals surface area contributed by atoms with Crippen LogP contribution in [0.1, 0.15) is 33.5 Å². The predicted molar refractivity (Wildman–Crippen MR) is 178 cm³/mol. The summed E-state index contributed by atoms with van der Waals surface area (Å²) in [5, 5.41) is 13.7. The van der Waals surface area contributed by atoms with E-state index in [1.807, 2.05) is 91.0 Å². The molecule has 0 aliphatic carbocycles. The number of carbonyl (C=O) groups excluding carboxylic acids is 1. The van der Waals surface area contributed by atoms with E-state index < -0.39 is 21.9 Å². The lowest BCUT2D eigenvalue weighted by molar-refractivity contribution is -0.141. The van der Waals surface area contributed by atoms with Gasteiger partial charge in [-0.15, -0.1) is 0 Å². The number of hydrogen-bond donors (Lipinski definition) is 2. The number of carboxylic acid groups (broad SMARTS) is 1. The molecule has 7 heteroatoms. The van der Waals surface area contributed by atoms with Gasteiger partial charge in [0.25, 0.3) is 10.0 Å². The molecule has 0 heterocycles. The van der Waals surface area contributed by atoms with Gasteiger partial charge in [-0.05, 0) is 69.3 Å². The quantitative estimate of drug-likeness (QED) is 0.145. The number of nitrogens with one attached hydrogen (secondary N) is 1. The average Bonchev–Trinajstić information content (AvgIpc) is 3.04. The zero-order valence-electron chi connectivity index (χ0n) is 24.4. The van der Waals surface area contributed by atoms with Crippen molar-refractivity contribution >= 4 is 49.0 Å². The molecule has 0 fully saturated rings. The van der Waals surface area contributed by atoms with Gasteiger partial charge in [0.1, 0.15) is 0 Å². The van der Waals surface area contributed by atoms with Crippen LogP contribution in [0.3, 0.4) is 0 Å². The number of ketones is 1. The maximum atomic E-state index is 13.9. The maximum Gasteiger partial charge on any atom is 0.307 e. The highest BCUT2D eigenvalue weighted by Crippen LogP contribution is 2.31. The Morgan fingerprint density at radius 1 is 0.667 bits per heavy atom. The zero-order chi connectivity index (χ0) is 31.4. The van der Waals surface area contributed by atoms with Crippen LogP contribution in [-0.2, 0) is 27.7 Å². The van der Waals surface area contributed by atoms with E-state index in [1.54, 1.807) is 30.3 Å². The van der Waals surface area contributed by atoms with Crippen molar-refractivity contribution in [1.82, 2.24) is 0 Å². The van der Waals surface area contributed by atoms with E-state index >= 15 is 0 Å². The lowest BCUT2D eigenvalue weighted by atomic mass is 9.92. The molecular formula is C38H31NO5S. The van der Waals surface area contributed by atoms with Crippen molar-refractivity contribution < 1.29 is 23.1 Å². The van der Waals surface area contributed by atoms with E-state index in [2.05, 4.69) is 10.8 Å². The third-order valence-electron chi connectivity index (χ3n) is 8.02. The Morgan fingerprint density at radius 3 is 2.13 bits per heavy atom. The molecule has 0 aliphatic heterocycles. The molecule has 0 saturated carbocycles. The van der Waals surface area contributed by atoms with Gasteiger partial charge in [0.15, 0.2) is 5.78 Å². The number of carbonyl (C=O) groups is 2. The first-order chi connectivity index (χ1) is 21.8. The topological polar surface area (TPSA) is 101 Å². The van der Waals surface area contributed by atoms with Crippen molar-refractivity contribution in [2.24, 2.45) is 5.92 Å². The second-order valence-corrected chi connectivity index (χ2v) is 12.8. The molecule has 1 atom stereocenters. The highest BCUT2D eigenvalue weighted by atomic mass is 32.2. The molecular weight excluding hydrogens is 582 g/mol. The van der Waals surface area contributed by atoms with Crippen LogP contribution in [-0.4, -0.2) is 25.3 Å². The van der Waals surface area contributed by atoms with Crippen molar-refractivity contribution in [2.75, 3.05) is 4.72 Å². The SMILES string of the molecule is O=C(CC(Cc1ccccc1)C(=O)O)c1cccc(NS(=O)(=O)c2ccc3ccccc3c2Cc2ccc3ccccc3c2)c1. The van der Waals surface area contributed by atoms with E-state index in [0.717, 1.165) is 32.7 Å². The summed E-state index contributed by atoms with van der Waals surface area (Å²) in [6.45, 7) is 0. The van der Waals surface area contributed by atoms with Gasteiger partial charge in [-0.2, -0.15) is 0 Å². The van der Waals surface area contributed by atoms with Crippen LogP contribution >= 0.6 is 0 Å². The van der Waals surface area contributed by atoms with E-state index in [-0.39, 0.29) is 34.8 Å². The van der Waals surface area contributed by atoms with Crippen LogP contribution < -0.4 is 4.72 Å². The normalized spacial score (nSPS) is 12.2. The summed E-state index contributed by atoms with van der Waals surface area (Å²) in [7, 11) is -4.07. The monoisotopic (exact) mass is 613 g/mol. The van der Waals surface area contributed by atoms with E-state index in [9.17, 15) is 23.1 Å². The second-order valence-electron chi connectivity index (χ2n) is 11.2. The Labute approximate surface area is 262 Å². The molecule has 1 unspecified atom stereocenters. The molecule has 0 aliphatic rings. The fourth-order valence-electron chi connectivity index (χ4n) is 5.76. The molecule has 6 aromatic rings. The Hall–Kier alpha value is -5.27. The van der Waals surface area contributed by atoms with Gasteiger partial charge >= 0.3 is 5.97 Å². The summed E-state index contributed by atoms with van der Waals surface area (Å²) in [6, 6.07) is 40.7. The number of hydrogen-bond acceptors (Lipinski definition) is 4. The van der Waals surface area contributed by atoms with Crippen molar-refractivity contribution in [3.8, 4) is 0 Å². The number of rotatable bonds is 11. The first-order valence-corrected chi connectivity index (χ1v) is 16.2. The Balaban J connectivity index is 1.28. The highest BCUT2D eigenvalue weighted by Gasteiger charge is 2.24. The molecule has 45 heavy (non-hydrogen) atoms. The molecule has 2 N–H and O–H groups in total. The van der Waals surface area contributed by atoms with Gasteiger partial charge in [-0.1, -0.05) is 115 Å². The smallest absolute Gasteiger partial charge is 0.307 e. The van der Waals surface area contributed by atoms with Gasteiger partial charge in [0.2, 0.25) is 0 Å². The molecule has 0 aromatic heterocycles. The third kappa shape index (κ3) is 6.79. The number of sulfonamides is 1. The third-order valence-corrected chi connectivity index (χ3v) is 9.49. The Morgan fingerprint density at radius 2 is 1.36 bits per heavy atom. The number of fused-ring (bicyclic) bond motifs is 2. The molecule has 0 amide bonds. The summed E-state index contributed by atoms with van der Waals surface area (Å²) in [5.41, 5.74) is 2.95. The summed E-state index contributed by atoms with van der Waals surface area (Å²) >= 11 is 0. The minimum atomic E-state index is -4.07. The van der Waals surface area contributed by atoms with Gasteiger partial charge in [-0.3, -0.25) is 14.3 Å². The number of Topliss-reactive ketones (excluding diaryl/α,β-unsaturated/α-hetero) is 1. The molecule has 0 spiro atoms. The molecule has 6 nitrogen and oxygen atoms in total. The molecule has 6 rings (SSSR count). The fraction of sp³-hybridized carbons (Fsp3) is 0.105. The Bertz CT molecular complexity index is 2140. The van der Waals surface area contributed by atoms with Gasteiger partial charge < -0.3 is 5.11 Å². The minimum absolute atomic E-state index is 0.153. The number of carboxylic acids is 1. The standard InChI is InChI=1S/C38H31NO5S/c40-36(25-32(38(41)42)21-26-9-2-1-3-10-26)31-14-8-15-33(24-31)39-45(43,44)37-20-19-29-12-6-7-16-34(29)35(37)23-27-17-18-28-11-4-5-13-30(28)22-27/h1-20,22,24,32,39H,21,23,25H2,(H,41,42). The number of benzene rings is 6. The molecule has 0 radical (unpaired) electrons. The van der Waals surface area contributed by atoms with Gasteiger partial charge in [-0.25, -0.2) is 8.42 Å². The van der Waals surface area contributed by atoms with Crippen LogP contribution in [0.25, 0.3) is 21.5 Å². The lowest BCUT2D eigenvalue weighted by Gasteiger charge is -2.16. The van der Waals surface area contributed by atoms with Crippen molar-refractivity contribution in [3.63, 3.8) is 0 Å². The molecule has 0 saturated heterocycles. The number of aliphatic carboxylic acids is 1. The summed E-state index contributed by atoms with van der Waals surface area (Å²) in [5.74, 6) is -2.34.